The lowest BCUT2D eigenvalue weighted by Gasteiger charge is -2.47. The van der Waals surface area contributed by atoms with Gasteiger partial charge in [-0.05, 0) is 24.6 Å². The molecule has 0 unspecified atom stereocenters. The van der Waals surface area contributed by atoms with Gasteiger partial charge in [0.2, 0.25) is 12.2 Å². The summed E-state index contributed by atoms with van der Waals surface area (Å²) in [4.78, 5) is 23.4. The lowest BCUT2D eigenvalue weighted by atomic mass is 9.95. The zero-order chi connectivity index (χ0) is 27.7. The first-order valence-electron chi connectivity index (χ1n) is 12.0. The van der Waals surface area contributed by atoms with E-state index in [0.29, 0.717) is 10.9 Å². The third kappa shape index (κ3) is 5.68. The van der Waals surface area contributed by atoms with E-state index in [1.807, 2.05) is 0 Å². The normalized spacial score (nSPS) is 35.7. The Bertz CT molecular complexity index is 1190. The molecule has 210 valence electrons. The summed E-state index contributed by atoms with van der Waals surface area (Å²) < 4.78 is 28.2. The van der Waals surface area contributed by atoms with E-state index in [-0.39, 0.29) is 11.3 Å². The maximum absolute atomic E-state index is 11.7. The second-order valence-corrected chi connectivity index (χ2v) is 9.35. The van der Waals surface area contributed by atoms with E-state index < -0.39 is 86.0 Å². The number of ether oxygens (including phenoxy) is 4. The number of carbonyl (C=O) groups excluding carboxylic acids is 1. The fraction of sp³-hybridized carbons (Fsp3) is 0.583. The van der Waals surface area contributed by atoms with Crippen molar-refractivity contribution in [2.24, 2.45) is 5.73 Å². The van der Waals surface area contributed by atoms with Gasteiger partial charge in [-0.2, -0.15) is 0 Å². The van der Waals surface area contributed by atoms with Gasteiger partial charge < -0.3 is 59.9 Å². The van der Waals surface area contributed by atoms with Gasteiger partial charge in [-0.15, -0.1) is 0 Å². The number of nitrogens with one attached hydrogen (secondary N) is 1. The predicted molar refractivity (Wildman–Crippen MR) is 128 cm³/mol. The molecule has 38 heavy (non-hydrogen) atoms. The Balaban J connectivity index is 1.53. The summed E-state index contributed by atoms with van der Waals surface area (Å²) >= 11 is 0. The molecule has 0 bridgehead atoms. The number of carbonyl (C=O) groups is 1. The molecule has 0 radical (unpaired) electrons. The van der Waals surface area contributed by atoms with Crippen LogP contribution in [0, 0.1) is 6.92 Å². The van der Waals surface area contributed by atoms with Gasteiger partial charge in [-0.25, -0.2) is 4.79 Å². The predicted octanol–water partition coefficient (Wildman–Crippen LogP) is -2.79. The molecule has 14 heteroatoms. The average molecular weight is 541 g/mol. The highest BCUT2D eigenvalue weighted by Crippen LogP contribution is 2.30. The number of aliphatic hydroxyl groups excluding tert-OH is 5. The van der Waals surface area contributed by atoms with Crippen LogP contribution in [0.1, 0.15) is 12.5 Å². The Morgan fingerprint density at radius 3 is 2.37 bits per heavy atom. The van der Waals surface area contributed by atoms with Crippen molar-refractivity contribution in [1.29, 1.82) is 0 Å². The van der Waals surface area contributed by atoms with E-state index in [1.165, 1.54) is 19.1 Å². The van der Waals surface area contributed by atoms with Crippen molar-refractivity contribution >= 4 is 16.9 Å². The van der Waals surface area contributed by atoms with Gasteiger partial charge in [0.25, 0.3) is 0 Å². The van der Waals surface area contributed by atoms with Gasteiger partial charge in [0.05, 0.1) is 19.3 Å². The number of aliphatic hydroxyl groups is 5. The number of benzene rings is 1. The monoisotopic (exact) mass is 540 g/mol. The maximum atomic E-state index is 11.7. The summed E-state index contributed by atoms with van der Waals surface area (Å²) in [5.41, 5.74) is 6.65. The molecule has 0 aliphatic carbocycles. The van der Waals surface area contributed by atoms with Gasteiger partial charge in [0, 0.05) is 24.4 Å². The smallest absolute Gasteiger partial charge is 0.336 e. The Morgan fingerprint density at radius 2 is 1.71 bits per heavy atom. The molecular formula is C24H32N2O12. The van der Waals surface area contributed by atoms with Gasteiger partial charge in [-0.1, -0.05) is 0 Å². The third-order valence-corrected chi connectivity index (χ3v) is 6.62. The quantitative estimate of drug-likeness (QED) is 0.177. The van der Waals surface area contributed by atoms with Crippen molar-refractivity contribution in [2.45, 2.75) is 75.1 Å². The summed E-state index contributed by atoms with van der Waals surface area (Å²) in [5, 5.41) is 54.3. The van der Waals surface area contributed by atoms with Crippen LogP contribution in [0.5, 0.6) is 5.75 Å². The maximum Gasteiger partial charge on any atom is 0.336 e. The average Bonchev–Trinajstić information content (AvgIpc) is 2.87. The minimum Gasteiger partial charge on any atom is -0.463 e. The second kappa shape index (κ2) is 11.6. The molecule has 2 fully saturated rings. The van der Waals surface area contributed by atoms with E-state index in [0.717, 1.165) is 0 Å². The van der Waals surface area contributed by atoms with Crippen LogP contribution in [0.2, 0.25) is 0 Å². The Labute approximate surface area is 216 Å². The van der Waals surface area contributed by atoms with Crippen molar-refractivity contribution < 1.29 is 53.7 Å². The molecule has 1 aromatic carbocycles. The number of aryl methyl sites for hydroxylation is 1. The summed E-state index contributed by atoms with van der Waals surface area (Å²) in [6.07, 6.45) is -11.1. The molecule has 0 saturated carbocycles. The summed E-state index contributed by atoms with van der Waals surface area (Å²) in [7, 11) is 0. The van der Waals surface area contributed by atoms with Crippen LogP contribution in [0.25, 0.3) is 11.0 Å². The first kappa shape index (κ1) is 28.4. The second-order valence-electron chi connectivity index (χ2n) is 9.35. The molecule has 2 aliphatic rings. The minimum absolute atomic E-state index is 0.221. The van der Waals surface area contributed by atoms with Crippen LogP contribution in [0.15, 0.2) is 33.5 Å². The molecule has 1 amide bonds. The Morgan fingerprint density at radius 1 is 1.03 bits per heavy atom. The van der Waals surface area contributed by atoms with Crippen LogP contribution in [-0.2, 0) is 19.0 Å². The van der Waals surface area contributed by atoms with Crippen LogP contribution in [-0.4, -0.2) is 106 Å². The first-order valence-corrected chi connectivity index (χ1v) is 12.0. The first-order chi connectivity index (χ1) is 18.0. The molecule has 14 nitrogen and oxygen atoms in total. The number of hydrogen-bond donors (Lipinski definition) is 7. The fourth-order valence-corrected chi connectivity index (χ4v) is 4.62. The van der Waals surface area contributed by atoms with Crippen molar-refractivity contribution in [1.82, 2.24) is 5.32 Å². The molecular weight excluding hydrogens is 508 g/mol. The highest BCUT2D eigenvalue weighted by molar-refractivity contribution is 5.81. The lowest BCUT2D eigenvalue weighted by molar-refractivity contribution is -0.323. The largest absolute Gasteiger partial charge is 0.463 e. The minimum atomic E-state index is -1.58. The lowest BCUT2D eigenvalue weighted by Crippen LogP contribution is -2.68. The molecule has 8 N–H and O–H groups in total. The molecule has 2 saturated heterocycles. The number of rotatable bonds is 7. The van der Waals surface area contributed by atoms with Gasteiger partial charge in [0.15, 0.2) is 6.29 Å². The van der Waals surface area contributed by atoms with Gasteiger partial charge in [-0.3, -0.25) is 4.79 Å². The Hall–Kier alpha value is -2.66. The number of hydrogen-bond acceptors (Lipinski definition) is 13. The highest BCUT2D eigenvalue weighted by Gasteiger charge is 2.51. The summed E-state index contributed by atoms with van der Waals surface area (Å²) in [6.45, 7) is 1.63. The zero-order valence-corrected chi connectivity index (χ0v) is 20.7. The highest BCUT2D eigenvalue weighted by atomic mass is 16.7. The molecule has 1 aromatic heterocycles. The van der Waals surface area contributed by atoms with Crippen molar-refractivity contribution in [3.63, 3.8) is 0 Å². The molecule has 2 aliphatic heterocycles. The third-order valence-electron chi connectivity index (χ3n) is 6.62. The molecule has 10 atom stereocenters. The van der Waals surface area contributed by atoms with Crippen molar-refractivity contribution in [3.05, 3.63) is 40.2 Å². The fourth-order valence-electron chi connectivity index (χ4n) is 4.62. The zero-order valence-electron chi connectivity index (χ0n) is 20.7. The van der Waals surface area contributed by atoms with E-state index >= 15 is 0 Å². The number of amides is 1. The van der Waals surface area contributed by atoms with Gasteiger partial charge >= 0.3 is 5.63 Å². The van der Waals surface area contributed by atoms with Gasteiger partial charge in [0.1, 0.15) is 54.0 Å². The van der Waals surface area contributed by atoms with E-state index in [2.05, 4.69) is 5.32 Å². The standard InChI is InChI=1S/C24H32N2O12/c1-9-5-16(30)35-13-6-11(3-4-12(9)13)34-23-17(25)20(32)22(15(8-28)37-23)38-24-18(26-10(2)29)21(33)19(31)14(7-27)36-24/h3-6,14-15,17-24,27-28,31-33H,7-8,25H2,1-2H3,(H,26,29)/t14-,15-,17-,18-,19-,20-,21-,22-,23-,24+/m1/s1. The summed E-state index contributed by atoms with van der Waals surface area (Å²) in [5.74, 6) is -0.342. The molecule has 0 spiro atoms. The van der Waals surface area contributed by atoms with E-state index in [4.69, 9.17) is 29.1 Å². The Kier molecular flexibility index (Phi) is 8.66. The van der Waals surface area contributed by atoms with Crippen LogP contribution >= 0.6 is 0 Å². The topological polar surface area (TPSA) is 223 Å². The number of fused-ring (bicyclic) bond motifs is 1. The molecule has 3 heterocycles. The van der Waals surface area contributed by atoms with E-state index in [1.54, 1.807) is 19.1 Å². The van der Waals surface area contributed by atoms with Crippen molar-refractivity contribution in [3.8, 4) is 5.75 Å². The van der Waals surface area contributed by atoms with Crippen LogP contribution in [0.3, 0.4) is 0 Å². The SMILES string of the molecule is CC(=O)N[C@H]1[C@H](O[C@H]2[C@H](O)[C@@H](N)[C@H](Oc3ccc4c(C)cc(=O)oc4c3)O[C@@H]2CO)O[C@H](CO)[C@@H](O)[C@@H]1O. The summed E-state index contributed by atoms with van der Waals surface area (Å²) in [6, 6.07) is 3.62. The molecule has 4 rings (SSSR count). The van der Waals surface area contributed by atoms with Crippen molar-refractivity contribution in [2.75, 3.05) is 13.2 Å². The molecule has 2 aromatic rings. The number of nitrogens with two attached hydrogens (primary N) is 1. The van der Waals surface area contributed by atoms with Crippen LogP contribution in [0.4, 0.5) is 0 Å². The van der Waals surface area contributed by atoms with Crippen LogP contribution < -0.4 is 21.4 Å². The van der Waals surface area contributed by atoms with E-state index in [9.17, 15) is 35.1 Å².